The van der Waals surface area contributed by atoms with E-state index in [4.69, 9.17) is 25.5 Å². The summed E-state index contributed by atoms with van der Waals surface area (Å²) in [7, 11) is -4.32. The lowest BCUT2D eigenvalue weighted by atomic mass is 10.1. The van der Waals surface area contributed by atoms with Gasteiger partial charge in [0, 0.05) is 0 Å². The van der Waals surface area contributed by atoms with Gasteiger partial charge < -0.3 is 19.2 Å². The first-order valence-electron chi connectivity index (χ1n) is 9.66. The van der Waals surface area contributed by atoms with Crippen LogP contribution in [-0.2, 0) is 24.1 Å². The van der Waals surface area contributed by atoms with Crippen molar-refractivity contribution in [3.05, 3.63) is 32.5 Å². The number of hydrogen-bond donors (Lipinski definition) is 1. The topological polar surface area (TPSA) is 155 Å². The van der Waals surface area contributed by atoms with E-state index in [0.717, 1.165) is 22.7 Å². The molecule has 0 radical (unpaired) electrons. The number of thiophene rings is 2. The number of hydrogen-bond acceptors (Lipinski definition) is 12. The van der Waals surface area contributed by atoms with Crippen molar-refractivity contribution in [3.8, 4) is 10.8 Å². The van der Waals surface area contributed by atoms with E-state index in [2.05, 4.69) is 15.5 Å². The Balaban J connectivity index is 1.83. The van der Waals surface area contributed by atoms with E-state index < -0.39 is 38.7 Å². The minimum absolute atomic E-state index is 0.0429. The number of rotatable bonds is 9. The molecule has 0 unspecified atom stereocenters. The fourth-order valence-corrected chi connectivity index (χ4v) is 5.68. The van der Waals surface area contributed by atoms with E-state index in [9.17, 15) is 22.8 Å². The number of nitrogens with zero attached hydrogens (tertiary/aromatic N) is 2. The van der Waals surface area contributed by atoms with Crippen molar-refractivity contribution >= 4 is 67.0 Å². The van der Waals surface area contributed by atoms with Gasteiger partial charge in [-0.05, 0) is 38.5 Å². The van der Waals surface area contributed by atoms with Crippen molar-refractivity contribution in [1.29, 1.82) is 0 Å². The summed E-state index contributed by atoms with van der Waals surface area (Å²) < 4.78 is 40.9. The Morgan fingerprint density at radius 3 is 2.38 bits per heavy atom. The summed E-state index contributed by atoms with van der Waals surface area (Å²) in [6.07, 6.45) is 0. The van der Waals surface area contributed by atoms with E-state index in [-0.39, 0.29) is 40.1 Å². The van der Waals surface area contributed by atoms with Crippen LogP contribution in [0.25, 0.3) is 10.8 Å². The van der Waals surface area contributed by atoms with Gasteiger partial charge in [0.1, 0.15) is 15.6 Å². The highest BCUT2D eigenvalue weighted by Gasteiger charge is 2.30. The average Bonchev–Trinajstić information content (AvgIpc) is 3.47. The van der Waals surface area contributed by atoms with Gasteiger partial charge in [0.05, 0.1) is 28.0 Å². The van der Waals surface area contributed by atoms with Crippen LogP contribution >= 0.6 is 34.3 Å². The third-order valence-electron chi connectivity index (χ3n) is 4.12. The Hall–Kier alpha value is -2.81. The number of ether oxygens (including phenoxy) is 2. The molecule has 0 saturated carbocycles. The van der Waals surface area contributed by atoms with E-state index in [1.165, 1.54) is 6.92 Å². The number of nitrogens with one attached hydrogen (secondary N) is 1. The molecular weight excluding hydrogens is 530 g/mol. The highest BCUT2D eigenvalue weighted by Crippen LogP contribution is 2.35. The second-order valence-electron chi connectivity index (χ2n) is 6.49. The van der Waals surface area contributed by atoms with Crippen molar-refractivity contribution in [2.45, 2.75) is 26.0 Å². The molecule has 0 aliphatic heterocycles. The van der Waals surface area contributed by atoms with Crippen LogP contribution in [0.4, 0.5) is 5.00 Å². The molecule has 1 amide bonds. The van der Waals surface area contributed by atoms with Crippen LogP contribution < -0.4 is 5.32 Å². The molecular formula is C19H18ClN3O8S3. The van der Waals surface area contributed by atoms with Crippen LogP contribution in [0.3, 0.4) is 0 Å². The predicted octanol–water partition coefficient (Wildman–Crippen LogP) is 3.59. The summed E-state index contributed by atoms with van der Waals surface area (Å²) in [5, 5.41) is 8.76. The molecule has 3 heterocycles. The van der Waals surface area contributed by atoms with Crippen LogP contribution in [0.2, 0.25) is 4.34 Å². The van der Waals surface area contributed by atoms with Gasteiger partial charge in [-0.3, -0.25) is 4.79 Å². The first-order chi connectivity index (χ1) is 16.1. The van der Waals surface area contributed by atoms with Crippen LogP contribution in [0.5, 0.6) is 0 Å². The van der Waals surface area contributed by atoms with Gasteiger partial charge in [-0.1, -0.05) is 16.7 Å². The van der Waals surface area contributed by atoms with Crippen molar-refractivity contribution in [2.24, 2.45) is 0 Å². The largest absolute Gasteiger partial charge is 0.462 e. The van der Waals surface area contributed by atoms with Crippen molar-refractivity contribution in [3.63, 3.8) is 0 Å². The maximum Gasteiger partial charge on any atom is 0.348 e. The Bertz CT molecular complexity index is 1340. The summed E-state index contributed by atoms with van der Waals surface area (Å²) in [6, 6.07) is 3.17. The lowest BCUT2D eigenvalue weighted by Gasteiger charge is -2.06. The van der Waals surface area contributed by atoms with Crippen LogP contribution in [-0.4, -0.2) is 55.4 Å². The SMILES string of the molecule is CCOC(=O)c1sc(NC(=O)CS(=O)(=O)c2nnc(-c3ccc(Cl)s3)o2)c(C(=O)OCC)c1C. The quantitative estimate of drug-likeness (QED) is 0.393. The number of halogens is 1. The predicted molar refractivity (Wildman–Crippen MR) is 124 cm³/mol. The van der Waals surface area contributed by atoms with Gasteiger partial charge in [-0.2, -0.15) is 0 Å². The highest BCUT2D eigenvalue weighted by atomic mass is 35.5. The van der Waals surface area contributed by atoms with Crippen LogP contribution in [0.1, 0.15) is 39.4 Å². The first-order valence-corrected chi connectivity index (χ1v) is 13.3. The molecule has 3 rings (SSSR count). The maximum absolute atomic E-state index is 12.6. The van der Waals surface area contributed by atoms with Crippen LogP contribution in [0.15, 0.2) is 21.8 Å². The van der Waals surface area contributed by atoms with E-state index in [1.54, 1.807) is 26.0 Å². The molecule has 0 aliphatic rings. The second-order valence-corrected chi connectivity index (χ2v) is 11.1. The molecule has 3 aromatic heterocycles. The van der Waals surface area contributed by atoms with Gasteiger partial charge in [0.15, 0.2) is 0 Å². The molecule has 1 N–H and O–H groups in total. The number of aromatic nitrogens is 2. The first kappa shape index (κ1) is 25.8. The van der Waals surface area contributed by atoms with Gasteiger partial charge in [-0.15, -0.1) is 27.8 Å². The Kier molecular flexibility index (Phi) is 8.07. The summed E-state index contributed by atoms with van der Waals surface area (Å²) in [5.74, 6) is -3.56. The molecule has 0 saturated heterocycles. The lowest BCUT2D eigenvalue weighted by Crippen LogP contribution is -2.24. The Morgan fingerprint density at radius 1 is 1.09 bits per heavy atom. The standard InChI is InChI=1S/C19H18ClN3O8S3/c1-4-29-17(25)13-9(3)14(18(26)30-5-2)33-16(13)21-12(24)8-34(27,28)19-23-22-15(31-19)10-6-7-11(20)32-10/h6-7H,4-5,8H2,1-3H3,(H,21,24). The summed E-state index contributed by atoms with van der Waals surface area (Å²) in [4.78, 5) is 37.8. The fourth-order valence-electron chi connectivity index (χ4n) is 2.70. The molecule has 0 aliphatic carbocycles. The molecule has 3 aromatic rings. The minimum atomic E-state index is -4.32. The highest BCUT2D eigenvalue weighted by molar-refractivity contribution is 7.91. The normalized spacial score (nSPS) is 11.3. The number of amides is 1. The molecule has 0 bridgehead atoms. The van der Waals surface area contributed by atoms with Crippen molar-refractivity contribution < 1.29 is 36.7 Å². The van der Waals surface area contributed by atoms with E-state index in [0.29, 0.717) is 9.21 Å². The zero-order chi connectivity index (χ0) is 25.0. The molecule has 0 atom stereocenters. The Labute approximate surface area is 207 Å². The molecule has 0 aromatic carbocycles. The van der Waals surface area contributed by atoms with Crippen molar-refractivity contribution in [2.75, 3.05) is 24.3 Å². The molecule has 0 spiro atoms. The van der Waals surface area contributed by atoms with E-state index >= 15 is 0 Å². The van der Waals surface area contributed by atoms with Crippen LogP contribution in [0, 0.1) is 6.92 Å². The van der Waals surface area contributed by atoms with Gasteiger partial charge >= 0.3 is 17.2 Å². The molecule has 15 heteroatoms. The smallest absolute Gasteiger partial charge is 0.348 e. The Morgan fingerprint density at radius 2 is 1.76 bits per heavy atom. The van der Waals surface area contributed by atoms with E-state index in [1.807, 2.05) is 0 Å². The molecule has 182 valence electrons. The maximum atomic E-state index is 12.6. The number of sulfone groups is 1. The average molecular weight is 548 g/mol. The van der Waals surface area contributed by atoms with Gasteiger partial charge in [0.25, 0.3) is 5.89 Å². The fraction of sp³-hybridized carbons (Fsp3) is 0.316. The third-order valence-corrected chi connectivity index (χ3v) is 7.86. The lowest BCUT2D eigenvalue weighted by molar-refractivity contribution is -0.113. The molecule has 11 nitrogen and oxygen atoms in total. The number of anilines is 1. The molecule has 0 fully saturated rings. The zero-order valence-electron chi connectivity index (χ0n) is 18.0. The second kappa shape index (κ2) is 10.6. The summed E-state index contributed by atoms with van der Waals surface area (Å²) in [5.41, 5.74) is 0.187. The summed E-state index contributed by atoms with van der Waals surface area (Å²) in [6.45, 7) is 4.88. The van der Waals surface area contributed by atoms with Gasteiger partial charge in [0.2, 0.25) is 15.7 Å². The zero-order valence-corrected chi connectivity index (χ0v) is 21.2. The van der Waals surface area contributed by atoms with Gasteiger partial charge in [-0.25, -0.2) is 18.0 Å². The number of esters is 2. The van der Waals surface area contributed by atoms with Crippen molar-refractivity contribution in [1.82, 2.24) is 10.2 Å². The minimum Gasteiger partial charge on any atom is -0.462 e. The monoisotopic (exact) mass is 547 g/mol. The number of carbonyl (C=O) groups is 3. The summed E-state index contributed by atoms with van der Waals surface area (Å²) >= 11 is 7.74. The third kappa shape index (κ3) is 5.63. The molecule has 34 heavy (non-hydrogen) atoms. The number of carbonyl (C=O) groups excluding carboxylic acids is 3.